The summed E-state index contributed by atoms with van der Waals surface area (Å²) in [7, 11) is 0. The Morgan fingerprint density at radius 2 is 1.75 bits per heavy atom. The van der Waals surface area contributed by atoms with Crippen LogP contribution in [-0.2, 0) is 9.53 Å². The highest BCUT2D eigenvalue weighted by molar-refractivity contribution is 5.97. The first-order valence-electron chi connectivity index (χ1n) is 6.82. The third-order valence-electron chi connectivity index (χ3n) is 2.45. The van der Waals surface area contributed by atoms with Crippen LogP contribution in [0.2, 0.25) is 0 Å². The lowest BCUT2D eigenvalue weighted by Crippen LogP contribution is -2.41. The van der Waals surface area contributed by atoms with Gasteiger partial charge in [-0.25, -0.2) is 9.59 Å². The van der Waals surface area contributed by atoms with E-state index in [4.69, 9.17) is 0 Å². The molecule has 0 atom stereocenters. The zero-order valence-electron chi connectivity index (χ0n) is 12.6. The van der Waals surface area contributed by atoms with Gasteiger partial charge >= 0.3 is 18.4 Å². The molecule has 1 aromatic carbocycles. The zero-order chi connectivity index (χ0) is 18.2. The van der Waals surface area contributed by atoms with Crippen LogP contribution in [0.3, 0.4) is 0 Å². The molecule has 0 heterocycles. The minimum absolute atomic E-state index is 0.0761. The van der Waals surface area contributed by atoms with Crippen LogP contribution < -0.4 is 15.4 Å². The van der Waals surface area contributed by atoms with Crippen molar-refractivity contribution in [3.63, 3.8) is 0 Å². The van der Waals surface area contributed by atoms with E-state index in [1.807, 2.05) is 12.2 Å². The van der Waals surface area contributed by atoms with Crippen molar-refractivity contribution in [2.24, 2.45) is 0 Å². The Balaban J connectivity index is 2.45. The molecule has 132 valence electrons. The van der Waals surface area contributed by atoms with E-state index in [1.54, 1.807) is 0 Å². The summed E-state index contributed by atoms with van der Waals surface area (Å²) in [6.45, 7) is 1.50. The fraction of sp³-hybridized carbons (Fsp3) is 0.357. The average molecular weight is 348 g/mol. The summed E-state index contributed by atoms with van der Waals surface area (Å²) in [5.41, 5.74) is -0.0761. The molecule has 0 aromatic heterocycles. The molecule has 7 nitrogen and oxygen atoms in total. The number of hydrogen-bond acceptors (Lipinski definition) is 5. The number of amides is 3. The molecule has 0 saturated carbocycles. The Bertz CT molecular complexity index is 587. The maximum Gasteiger partial charge on any atom is 0.573 e. The quantitative estimate of drug-likeness (QED) is 0.767. The Labute approximate surface area is 135 Å². The summed E-state index contributed by atoms with van der Waals surface area (Å²) in [5, 5.41) is 4.34. The van der Waals surface area contributed by atoms with Crippen LogP contribution in [0.25, 0.3) is 0 Å². The van der Waals surface area contributed by atoms with Gasteiger partial charge in [0, 0.05) is 6.54 Å². The van der Waals surface area contributed by atoms with Crippen molar-refractivity contribution in [1.82, 2.24) is 10.6 Å². The van der Waals surface area contributed by atoms with Crippen LogP contribution in [0.15, 0.2) is 24.3 Å². The number of carbonyl (C=O) groups is 3. The molecule has 2 N–H and O–H groups in total. The molecule has 0 aliphatic heterocycles. The largest absolute Gasteiger partial charge is 0.573 e. The van der Waals surface area contributed by atoms with E-state index in [-0.39, 0.29) is 5.56 Å². The molecule has 0 bridgehead atoms. The molecule has 1 aromatic rings. The van der Waals surface area contributed by atoms with E-state index in [0.29, 0.717) is 13.0 Å². The van der Waals surface area contributed by atoms with E-state index in [9.17, 15) is 27.6 Å². The molecular formula is C14H15F3N2O5. The van der Waals surface area contributed by atoms with E-state index >= 15 is 0 Å². The first kappa shape index (κ1) is 19.3. The zero-order valence-corrected chi connectivity index (χ0v) is 12.6. The fourth-order valence-corrected chi connectivity index (χ4v) is 1.45. The van der Waals surface area contributed by atoms with E-state index < -0.39 is 36.6 Å². The van der Waals surface area contributed by atoms with Gasteiger partial charge in [0.05, 0.1) is 5.56 Å². The average Bonchev–Trinajstić information content (AvgIpc) is 2.49. The molecule has 0 spiro atoms. The maximum absolute atomic E-state index is 12.0. The summed E-state index contributed by atoms with van der Waals surface area (Å²) in [4.78, 5) is 34.2. The highest BCUT2D eigenvalue weighted by atomic mass is 19.4. The minimum atomic E-state index is -4.83. The highest BCUT2D eigenvalue weighted by Crippen LogP contribution is 2.22. The lowest BCUT2D eigenvalue weighted by Gasteiger charge is -2.09. The monoisotopic (exact) mass is 348 g/mol. The Morgan fingerprint density at radius 1 is 1.12 bits per heavy atom. The standard InChI is InChI=1S/C14H15F3N2O5/c1-2-7-18-13(22)19-11(20)8-23-12(21)9-3-5-10(6-4-9)24-14(15,16)17/h3-6H,2,7-8H2,1H3,(H2,18,19,20,22). The molecular weight excluding hydrogens is 333 g/mol. The topological polar surface area (TPSA) is 93.7 Å². The van der Waals surface area contributed by atoms with Crippen molar-refractivity contribution < 1.29 is 37.0 Å². The van der Waals surface area contributed by atoms with Crippen LogP contribution in [0.1, 0.15) is 23.7 Å². The van der Waals surface area contributed by atoms with Crippen LogP contribution in [0, 0.1) is 0 Å². The molecule has 0 aliphatic carbocycles. The van der Waals surface area contributed by atoms with Crippen molar-refractivity contribution >= 4 is 17.9 Å². The number of urea groups is 1. The smallest absolute Gasteiger partial charge is 0.452 e. The first-order chi connectivity index (χ1) is 11.2. The molecule has 24 heavy (non-hydrogen) atoms. The second-order valence-electron chi connectivity index (χ2n) is 4.45. The second-order valence-corrected chi connectivity index (χ2v) is 4.45. The van der Waals surface area contributed by atoms with Gasteiger partial charge in [0.25, 0.3) is 5.91 Å². The number of carbonyl (C=O) groups excluding carboxylic acids is 3. The summed E-state index contributed by atoms with van der Waals surface area (Å²) in [6.07, 6.45) is -4.15. The number of ether oxygens (including phenoxy) is 2. The van der Waals surface area contributed by atoms with Crippen molar-refractivity contribution in [2.45, 2.75) is 19.7 Å². The van der Waals surface area contributed by atoms with Gasteiger partial charge in [0.15, 0.2) is 6.61 Å². The third kappa shape index (κ3) is 7.47. The number of benzene rings is 1. The normalized spacial score (nSPS) is 10.7. The van der Waals surface area contributed by atoms with E-state index in [0.717, 1.165) is 24.3 Å². The second kappa shape index (κ2) is 8.75. The summed E-state index contributed by atoms with van der Waals surface area (Å²) in [5.74, 6) is -2.27. The van der Waals surface area contributed by atoms with Crippen molar-refractivity contribution in [3.8, 4) is 5.75 Å². The van der Waals surface area contributed by atoms with Gasteiger partial charge in [-0.3, -0.25) is 10.1 Å². The molecule has 3 amide bonds. The Hall–Kier alpha value is -2.78. The molecule has 10 heteroatoms. The number of alkyl halides is 3. The molecule has 0 fully saturated rings. The van der Waals surface area contributed by atoms with Gasteiger partial charge < -0.3 is 14.8 Å². The van der Waals surface area contributed by atoms with Gasteiger partial charge in [-0.15, -0.1) is 13.2 Å². The SMILES string of the molecule is CCCNC(=O)NC(=O)COC(=O)c1ccc(OC(F)(F)F)cc1. The lowest BCUT2D eigenvalue weighted by molar-refractivity contribution is -0.274. The predicted molar refractivity (Wildman–Crippen MR) is 75.2 cm³/mol. The van der Waals surface area contributed by atoms with Crippen molar-refractivity contribution in [1.29, 1.82) is 0 Å². The van der Waals surface area contributed by atoms with Crippen LogP contribution >= 0.6 is 0 Å². The maximum atomic E-state index is 12.0. The lowest BCUT2D eigenvalue weighted by atomic mass is 10.2. The number of hydrogen-bond donors (Lipinski definition) is 2. The van der Waals surface area contributed by atoms with Gasteiger partial charge in [0.1, 0.15) is 5.75 Å². The first-order valence-corrected chi connectivity index (χ1v) is 6.82. The Morgan fingerprint density at radius 3 is 2.29 bits per heavy atom. The molecule has 0 unspecified atom stereocenters. The highest BCUT2D eigenvalue weighted by Gasteiger charge is 2.31. The molecule has 0 aliphatic rings. The van der Waals surface area contributed by atoms with E-state index in [2.05, 4.69) is 14.8 Å². The van der Waals surface area contributed by atoms with Gasteiger partial charge in [-0.05, 0) is 30.7 Å². The van der Waals surface area contributed by atoms with Gasteiger partial charge in [0.2, 0.25) is 0 Å². The molecule has 0 radical (unpaired) electrons. The summed E-state index contributed by atoms with van der Waals surface area (Å²) < 4.78 is 44.3. The number of imide groups is 1. The fourth-order valence-electron chi connectivity index (χ4n) is 1.45. The number of rotatable bonds is 6. The van der Waals surface area contributed by atoms with Crippen LogP contribution in [0.4, 0.5) is 18.0 Å². The summed E-state index contributed by atoms with van der Waals surface area (Å²) >= 11 is 0. The van der Waals surface area contributed by atoms with Gasteiger partial charge in [-0.2, -0.15) is 0 Å². The third-order valence-corrected chi connectivity index (χ3v) is 2.45. The number of nitrogens with one attached hydrogen (secondary N) is 2. The van der Waals surface area contributed by atoms with Crippen LogP contribution in [0.5, 0.6) is 5.75 Å². The minimum Gasteiger partial charge on any atom is -0.452 e. The summed E-state index contributed by atoms with van der Waals surface area (Å²) in [6, 6.07) is 3.25. The predicted octanol–water partition coefficient (Wildman–Crippen LogP) is 1.98. The van der Waals surface area contributed by atoms with Crippen molar-refractivity contribution in [3.05, 3.63) is 29.8 Å². The number of esters is 1. The number of halogens is 3. The Kier molecular flexibility index (Phi) is 7.02. The molecule has 1 rings (SSSR count). The van der Waals surface area contributed by atoms with Gasteiger partial charge in [-0.1, -0.05) is 6.92 Å². The van der Waals surface area contributed by atoms with Crippen LogP contribution in [-0.4, -0.2) is 37.4 Å². The molecule has 0 saturated heterocycles. The van der Waals surface area contributed by atoms with E-state index in [1.165, 1.54) is 0 Å². The van der Waals surface area contributed by atoms with Crippen molar-refractivity contribution in [2.75, 3.05) is 13.2 Å².